The van der Waals surface area contributed by atoms with Gasteiger partial charge in [0, 0.05) is 11.6 Å². The molecule has 0 saturated carbocycles. The van der Waals surface area contributed by atoms with Crippen LogP contribution < -0.4 is 4.72 Å². The quantitative estimate of drug-likeness (QED) is 0.391. The molecule has 0 saturated heterocycles. The van der Waals surface area contributed by atoms with Crippen molar-refractivity contribution in [2.24, 2.45) is 0 Å². The Morgan fingerprint density at radius 3 is 2.62 bits per heavy atom. The Balaban J connectivity index is 1.83. The molecule has 2 atom stereocenters. The number of aromatic nitrogens is 2. The molecule has 1 aliphatic rings. The van der Waals surface area contributed by atoms with Gasteiger partial charge in [0.2, 0.25) is 10.0 Å². The van der Waals surface area contributed by atoms with Crippen molar-refractivity contribution >= 4 is 20.9 Å². The number of nitriles is 1. The lowest BCUT2D eigenvalue weighted by atomic mass is 10.0. The lowest BCUT2D eigenvalue weighted by molar-refractivity contribution is -0.147. The van der Waals surface area contributed by atoms with Crippen molar-refractivity contribution in [2.75, 3.05) is 0 Å². The highest BCUT2D eigenvalue weighted by molar-refractivity contribution is 7.89. The first-order chi connectivity index (χ1) is 16.0. The van der Waals surface area contributed by atoms with E-state index in [1.54, 1.807) is 10.8 Å². The monoisotopic (exact) mass is 492 g/mol. The average Bonchev–Trinajstić information content (AvgIpc) is 3.12. The molecule has 0 bridgehead atoms. The van der Waals surface area contributed by atoms with E-state index in [0.717, 1.165) is 31.5 Å². The largest absolute Gasteiger partial charge is 0.404 e. The zero-order chi connectivity index (χ0) is 24.7. The van der Waals surface area contributed by atoms with E-state index in [9.17, 15) is 31.2 Å². The average molecular weight is 492 g/mol. The summed E-state index contributed by atoms with van der Waals surface area (Å²) in [5, 5.41) is 10.3. The molecule has 0 radical (unpaired) electrons. The fourth-order valence-corrected chi connectivity index (χ4v) is 5.23. The van der Waals surface area contributed by atoms with Crippen molar-refractivity contribution in [1.29, 1.82) is 5.26 Å². The van der Waals surface area contributed by atoms with Crippen LogP contribution in [0.3, 0.4) is 0 Å². The number of allylic oxidation sites excluding steroid dienone is 2. The van der Waals surface area contributed by atoms with Gasteiger partial charge in [-0.2, -0.15) is 23.2 Å². The summed E-state index contributed by atoms with van der Waals surface area (Å²) in [5.74, 6) is -0.508. The molecule has 1 aliphatic carbocycles. The third-order valence-electron chi connectivity index (χ3n) is 5.75. The number of sulfonamides is 1. The Bertz CT molecular complexity index is 1400. The third kappa shape index (κ3) is 4.43. The van der Waals surface area contributed by atoms with Gasteiger partial charge in [0.1, 0.15) is 22.8 Å². The predicted molar refractivity (Wildman–Crippen MR) is 118 cm³/mol. The fourth-order valence-electron chi connectivity index (χ4n) is 4.05. The van der Waals surface area contributed by atoms with Crippen LogP contribution in [0.1, 0.15) is 37.8 Å². The van der Waals surface area contributed by atoms with Gasteiger partial charge < -0.3 is 4.57 Å². The number of halogens is 4. The topological polar surface area (TPSA) is 87.8 Å². The highest BCUT2D eigenvalue weighted by Crippen LogP contribution is 2.38. The molecule has 6 nitrogen and oxygen atoms in total. The molecule has 2 aromatic heterocycles. The molecule has 0 fully saturated rings. The minimum atomic E-state index is -4.74. The lowest BCUT2D eigenvalue weighted by Gasteiger charge is -2.22. The van der Waals surface area contributed by atoms with Crippen LogP contribution in [-0.4, -0.2) is 30.2 Å². The summed E-state index contributed by atoms with van der Waals surface area (Å²) in [6.45, 7) is 0.702. The van der Waals surface area contributed by atoms with E-state index in [-0.39, 0.29) is 17.3 Å². The van der Waals surface area contributed by atoms with Crippen molar-refractivity contribution < 1.29 is 26.0 Å². The van der Waals surface area contributed by atoms with Crippen LogP contribution in [0.4, 0.5) is 17.6 Å². The second-order valence-corrected chi connectivity index (χ2v) is 9.77. The second kappa shape index (κ2) is 8.85. The van der Waals surface area contributed by atoms with Crippen LogP contribution in [-0.2, 0) is 10.0 Å². The van der Waals surface area contributed by atoms with Gasteiger partial charge in [0.05, 0.1) is 28.5 Å². The minimum absolute atomic E-state index is 0.127. The number of nitrogens with one attached hydrogen (secondary N) is 1. The van der Waals surface area contributed by atoms with E-state index in [2.05, 4.69) is 11.1 Å². The molecule has 0 spiro atoms. The van der Waals surface area contributed by atoms with E-state index in [1.165, 1.54) is 18.2 Å². The van der Waals surface area contributed by atoms with Gasteiger partial charge in [-0.3, -0.25) is 4.98 Å². The van der Waals surface area contributed by atoms with Gasteiger partial charge in [0.25, 0.3) is 0 Å². The molecule has 0 aliphatic heterocycles. The Hall–Kier alpha value is -3.23. The fraction of sp³-hybridized carbons (Fsp3) is 0.304. The van der Waals surface area contributed by atoms with E-state index in [1.807, 2.05) is 16.7 Å². The smallest absolute Gasteiger partial charge is 0.331 e. The van der Waals surface area contributed by atoms with Crippen LogP contribution in [0, 0.1) is 17.1 Å². The summed E-state index contributed by atoms with van der Waals surface area (Å²) < 4.78 is 80.7. The first kappa shape index (κ1) is 23.9. The lowest BCUT2D eigenvalue weighted by Crippen LogP contribution is -2.42. The summed E-state index contributed by atoms with van der Waals surface area (Å²) in [4.78, 5) is 3.73. The number of alkyl halides is 3. The number of fused-ring (bicyclic) bond motifs is 1. The molecular formula is C23H20F4N4O2S. The van der Waals surface area contributed by atoms with Gasteiger partial charge in [-0.05, 0) is 56.5 Å². The minimum Gasteiger partial charge on any atom is -0.331 e. The van der Waals surface area contributed by atoms with Gasteiger partial charge in [0.15, 0.2) is 0 Å². The first-order valence-corrected chi connectivity index (χ1v) is 12.0. The normalized spacial score (nSPS) is 17.6. The van der Waals surface area contributed by atoms with E-state index >= 15 is 0 Å². The van der Waals surface area contributed by atoms with Crippen molar-refractivity contribution in [3.05, 3.63) is 60.1 Å². The molecule has 4 rings (SSSR count). The zero-order valence-electron chi connectivity index (χ0n) is 18.0. The number of hydrogen-bond acceptors (Lipinski definition) is 4. The summed E-state index contributed by atoms with van der Waals surface area (Å²) in [6.07, 6.45) is 2.83. The Kier molecular flexibility index (Phi) is 6.22. The van der Waals surface area contributed by atoms with Crippen LogP contribution in [0.25, 0.3) is 22.3 Å². The second-order valence-electron chi connectivity index (χ2n) is 8.06. The van der Waals surface area contributed by atoms with Crippen LogP contribution in [0.15, 0.2) is 53.6 Å². The SMILES string of the molecule is CC(NS(=O)(=O)c1ccc(-c2c(C#N)c3cc(F)ccc3n2C2C=CCCC2)nc1)C(F)(F)F. The molecule has 2 heterocycles. The van der Waals surface area contributed by atoms with Crippen molar-refractivity contribution in [3.8, 4) is 17.5 Å². The Labute approximate surface area is 193 Å². The van der Waals surface area contributed by atoms with Gasteiger partial charge in [-0.1, -0.05) is 12.2 Å². The summed E-state index contributed by atoms with van der Waals surface area (Å²) in [7, 11) is -4.48. The van der Waals surface area contributed by atoms with Crippen molar-refractivity contribution in [3.63, 3.8) is 0 Å². The molecule has 1 N–H and O–H groups in total. The maximum absolute atomic E-state index is 14.0. The molecule has 0 amide bonds. The maximum Gasteiger partial charge on any atom is 0.404 e. The molecular weight excluding hydrogens is 472 g/mol. The summed E-state index contributed by atoms with van der Waals surface area (Å²) in [6, 6.07) is 6.31. The highest BCUT2D eigenvalue weighted by atomic mass is 32.2. The van der Waals surface area contributed by atoms with Crippen LogP contribution in [0.2, 0.25) is 0 Å². The van der Waals surface area contributed by atoms with E-state index < -0.39 is 33.0 Å². The Morgan fingerprint density at radius 1 is 1.26 bits per heavy atom. The molecule has 11 heteroatoms. The molecule has 3 aromatic rings. The van der Waals surface area contributed by atoms with Gasteiger partial charge >= 0.3 is 6.18 Å². The van der Waals surface area contributed by atoms with Gasteiger partial charge in [-0.25, -0.2) is 12.8 Å². The predicted octanol–water partition coefficient (Wildman–Crippen LogP) is 5.22. The number of benzene rings is 1. The Morgan fingerprint density at radius 2 is 2.03 bits per heavy atom. The molecule has 34 heavy (non-hydrogen) atoms. The number of rotatable bonds is 5. The molecule has 1 aromatic carbocycles. The number of pyridine rings is 1. The third-order valence-corrected chi connectivity index (χ3v) is 7.28. The van der Waals surface area contributed by atoms with E-state index in [4.69, 9.17) is 0 Å². The maximum atomic E-state index is 14.0. The van der Waals surface area contributed by atoms with E-state index in [0.29, 0.717) is 23.5 Å². The number of hydrogen-bond donors (Lipinski definition) is 1. The number of nitrogens with zero attached hydrogens (tertiary/aromatic N) is 3. The summed E-state index contributed by atoms with van der Waals surface area (Å²) >= 11 is 0. The first-order valence-electron chi connectivity index (χ1n) is 10.5. The van der Waals surface area contributed by atoms with Gasteiger partial charge in [-0.15, -0.1) is 0 Å². The zero-order valence-corrected chi connectivity index (χ0v) is 18.8. The molecule has 178 valence electrons. The standard InChI is InChI=1S/C23H20F4N4O2S/c1-14(23(25,26)27)30-34(32,33)17-8-9-20(29-13-17)22-19(12-28)18-11-15(24)7-10-21(18)31(22)16-5-3-2-4-6-16/h3,5,7-11,13-14,16,30H,2,4,6H2,1H3. The van der Waals surface area contributed by atoms with Crippen molar-refractivity contribution in [2.45, 2.75) is 49.3 Å². The summed E-state index contributed by atoms with van der Waals surface area (Å²) in [5.41, 5.74) is 1.44. The molecule has 2 unspecified atom stereocenters. The van der Waals surface area contributed by atoms with Crippen LogP contribution >= 0.6 is 0 Å². The highest BCUT2D eigenvalue weighted by Gasteiger charge is 2.39. The van der Waals surface area contributed by atoms with Crippen LogP contribution in [0.5, 0.6) is 0 Å². The van der Waals surface area contributed by atoms with Crippen molar-refractivity contribution in [1.82, 2.24) is 14.3 Å².